The quantitative estimate of drug-likeness (QED) is 0.905. The predicted molar refractivity (Wildman–Crippen MR) is 88.7 cm³/mol. The van der Waals surface area contributed by atoms with Crippen LogP contribution in [0, 0.1) is 6.92 Å². The number of urea groups is 1. The molecule has 6 nitrogen and oxygen atoms in total. The molecule has 0 saturated heterocycles. The molecule has 2 amide bonds. The molecule has 1 aliphatic rings. The molecule has 0 bridgehead atoms. The Bertz CT molecular complexity index is 765. The summed E-state index contributed by atoms with van der Waals surface area (Å²) in [4.78, 5) is 23.8. The number of hydrogen-bond acceptors (Lipinski definition) is 3. The fourth-order valence-electron chi connectivity index (χ4n) is 2.69. The molecule has 1 aliphatic carbocycles. The van der Waals surface area contributed by atoms with Crippen LogP contribution in [0.2, 0.25) is 0 Å². The maximum atomic E-state index is 11.9. The molecule has 2 aromatic rings. The number of anilines is 1. The normalized spacial score (nSPS) is 12.7. The van der Waals surface area contributed by atoms with E-state index in [2.05, 4.69) is 15.7 Å². The van der Waals surface area contributed by atoms with Crippen LogP contribution >= 0.6 is 0 Å². The third-order valence-corrected chi connectivity index (χ3v) is 3.94. The zero-order chi connectivity index (χ0) is 16.2. The van der Waals surface area contributed by atoms with Crippen molar-refractivity contribution in [3.05, 3.63) is 57.5 Å². The molecule has 6 heteroatoms. The topological polar surface area (TPSA) is 76.0 Å². The third kappa shape index (κ3) is 3.77. The fraction of sp³-hybridized carbons (Fsp3) is 0.353. The van der Waals surface area contributed by atoms with Crippen molar-refractivity contribution in [2.45, 2.75) is 32.7 Å². The van der Waals surface area contributed by atoms with Gasteiger partial charge in [-0.15, -0.1) is 0 Å². The predicted octanol–water partition coefficient (Wildman–Crippen LogP) is 1.86. The van der Waals surface area contributed by atoms with E-state index in [1.807, 2.05) is 31.2 Å². The lowest BCUT2D eigenvalue weighted by Crippen LogP contribution is -2.34. The molecule has 0 spiro atoms. The first-order valence-electron chi connectivity index (χ1n) is 7.83. The van der Waals surface area contributed by atoms with Crippen molar-refractivity contribution in [2.24, 2.45) is 0 Å². The molecule has 0 unspecified atom stereocenters. The summed E-state index contributed by atoms with van der Waals surface area (Å²) in [6, 6.07) is 8.95. The van der Waals surface area contributed by atoms with Crippen molar-refractivity contribution in [2.75, 3.05) is 11.9 Å². The summed E-state index contributed by atoms with van der Waals surface area (Å²) >= 11 is 0. The second kappa shape index (κ2) is 6.64. The molecule has 0 fully saturated rings. The molecule has 120 valence electrons. The van der Waals surface area contributed by atoms with Crippen LogP contribution in [0.3, 0.4) is 0 Å². The lowest BCUT2D eigenvalue weighted by molar-refractivity contribution is 0.251. The Labute approximate surface area is 134 Å². The number of amides is 2. The maximum Gasteiger partial charge on any atom is 0.319 e. The first-order valence-corrected chi connectivity index (χ1v) is 7.83. The van der Waals surface area contributed by atoms with Crippen molar-refractivity contribution in [3.8, 4) is 0 Å². The zero-order valence-electron chi connectivity index (χ0n) is 13.1. The Kier molecular flexibility index (Phi) is 4.41. The largest absolute Gasteiger partial charge is 0.336 e. The van der Waals surface area contributed by atoms with E-state index in [9.17, 15) is 9.59 Å². The van der Waals surface area contributed by atoms with Crippen molar-refractivity contribution in [1.29, 1.82) is 0 Å². The number of aromatic nitrogens is 2. The molecule has 23 heavy (non-hydrogen) atoms. The first-order chi connectivity index (χ1) is 11.1. The molecule has 2 N–H and O–H groups in total. The van der Waals surface area contributed by atoms with Gasteiger partial charge in [0.25, 0.3) is 5.56 Å². The minimum Gasteiger partial charge on any atom is -0.336 e. The number of carbonyl (C=O) groups is 1. The molecular formula is C17H20N4O2. The van der Waals surface area contributed by atoms with Crippen LogP contribution in [-0.4, -0.2) is 22.4 Å². The lowest BCUT2D eigenvalue weighted by atomic mass is 10.2. The molecule has 0 radical (unpaired) electrons. The number of nitrogens with one attached hydrogen (secondary N) is 2. The van der Waals surface area contributed by atoms with Gasteiger partial charge in [-0.1, -0.05) is 17.7 Å². The second-order valence-corrected chi connectivity index (χ2v) is 5.78. The Balaban J connectivity index is 1.52. The highest BCUT2D eigenvalue weighted by Crippen LogP contribution is 2.16. The number of benzene rings is 1. The molecule has 0 aliphatic heterocycles. The average Bonchev–Trinajstić information content (AvgIpc) is 2.97. The maximum absolute atomic E-state index is 11.9. The van der Waals surface area contributed by atoms with E-state index in [4.69, 9.17) is 0 Å². The molecule has 3 rings (SSSR count). The number of aryl methyl sites for hydroxylation is 3. The summed E-state index contributed by atoms with van der Waals surface area (Å²) in [5.41, 5.74) is 3.84. The van der Waals surface area contributed by atoms with Gasteiger partial charge in [-0.2, -0.15) is 5.10 Å². The van der Waals surface area contributed by atoms with Crippen molar-refractivity contribution in [1.82, 2.24) is 15.1 Å². The Hall–Kier alpha value is -2.63. The molecule has 0 atom stereocenters. The third-order valence-electron chi connectivity index (χ3n) is 3.94. The van der Waals surface area contributed by atoms with Gasteiger partial charge in [-0.3, -0.25) is 4.79 Å². The van der Waals surface area contributed by atoms with Gasteiger partial charge < -0.3 is 10.6 Å². The lowest BCUT2D eigenvalue weighted by Gasteiger charge is -2.09. The van der Waals surface area contributed by atoms with E-state index < -0.39 is 0 Å². The van der Waals surface area contributed by atoms with Gasteiger partial charge in [0.15, 0.2) is 0 Å². The van der Waals surface area contributed by atoms with Crippen LogP contribution in [0.4, 0.5) is 10.5 Å². The summed E-state index contributed by atoms with van der Waals surface area (Å²) in [7, 11) is 0. The van der Waals surface area contributed by atoms with Crippen LogP contribution in [0.25, 0.3) is 0 Å². The fourth-order valence-corrected chi connectivity index (χ4v) is 2.69. The van der Waals surface area contributed by atoms with E-state index in [0.717, 1.165) is 41.8 Å². The van der Waals surface area contributed by atoms with Gasteiger partial charge >= 0.3 is 6.03 Å². The van der Waals surface area contributed by atoms with E-state index in [1.165, 1.54) is 4.68 Å². The second-order valence-electron chi connectivity index (χ2n) is 5.78. The van der Waals surface area contributed by atoms with Crippen LogP contribution < -0.4 is 16.2 Å². The first kappa shape index (κ1) is 15.3. The smallest absolute Gasteiger partial charge is 0.319 e. The summed E-state index contributed by atoms with van der Waals surface area (Å²) in [5, 5.41) is 9.87. The summed E-state index contributed by atoms with van der Waals surface area (Å²) in [6.45, 7) is 2.71. The number of fused-ring (bicyclic) bond motifs is 1. The van der Waals surface area contributed by atoms with Crippen molar-refractivity contribution < 1.29 is 4.79 Å². The minimum absolute atomic E-state index is 0.105. The van der Waals surface area contributed by atoms with Gasteiger partial charge in [0.05, 0.1) is 12.2 Å². The van der Waals surface area contributed by atoms with E-state index in [1.54, 1.807) is 6.07 Å². The average molecular weight is 312 g/mol. The highest BCUT2D eigenvalue weighted by atomic mass is 16.2. The summed E-state index contributed by atoms with van der Waals surface area (Å²) in [5.74, 6) is 0. The van der Waals surface area contributed by atoms with Gasteiger partial charge in [-0.25, -0.2) is 9.48 Å². The van der Waals surface area contributed by atoms with E-state index in [-0.39, 0.29) is 11.6 Å². The number of hydrogen-bond donors (Lipinski definition) is 2. The highest BCUT2D eigenvalue weighted by molar-refractivity contribution is 5.89. The SMILES string of the molecule is Cc1ccc(NC(=O)NCCn2nc3c(cc2=O)CCC3)cc1. The van der Waals surface area contributed by atoms with Crippen molar-refractivity contribution >= 4 is 11.7 Å². The standard InChI is InChI=1S/C17H20N4O2/c1-12-5-7-14(8-6-12)19-17(23)18-9-10-21-16(22)11-13-3-2-4-15(13)20-21/h5-8,11H,2-4,9-10H2,1H3,(H2,18,19,23). The summed E-state index contributed by atoms with van der Waals surface area (Å²) < 4.78 is 1.43. The molecule has 1 heterocycles. The van der Waals surface area contributed by atoms with Crippen LogP contribution in [-0.2, 0) is 19.4 Å². The summed E-state index contributed by atoms with van der Waals surface area (Å²) in [6.07, 6.45) is 2.93. The number of carbonyl (C=O) groups excluding carboxylic acids is 1. The highest BCUT2D eigenvalue weighted by Gasteiger charge is 2.14. The van der Waals surface area contributed by atoms with Crippen LogP contribution in [0.1, 0.15) is 23.2 Å². The Morgan fingerprint density at radius 1 is 1.26 bits per heavy atom. The van der Waals surface area contributed by atoms with Gasteiger partial charge in [-0.05, 0) is 43.9 Å². The molecular weight excluding hydrogens is 292 g/mol. The Morgan fingerprint density at radius 3 is 2.83 bits per heavy atom. The Morgan fingerprint density at radius 2 is 2.04 bits per heavy atom. The van der Waals surface area contributed by atoms with E-state index >= 15 is 0 Å². The number of nitrogens with zero attached hydrogens (tertiary/aromatic N) is 2. The van der Waals surface area contributed by atoms with Crippen molar-refractivity contribution in [3.63, 3.8) is 0 Å². The molecule has 1 aromatic carbocycles. The molecule has 1 aromatic heterocycles. The number of rotatable bonds is 4. The van der Waals surface area contributed by atoms with Gasteiger partial charge in [0, 0.05) is 18.3 Å². The van der Waals surface area contributed by atoms with Gasteiger partial charge in [0.2, 0.25) is 0 Å². The molecule has 0 saturated carbocycles. The van der Waals surface area contributed by atoms with E-state index in [0.29, 0.717) is 13.1 Å². The minimum atomic E-state index is -0.289. The van der Waals surface area contributed by atoms with Crippen LogP contribution in [0.15, 0.2) is 35.1 Å². The zero-order valence-corrected chi connectivity index (χ0v) is 13.1. The van der Waals surface area contributed by atoms with Crippen LogP contribution in [0.5, 0.6) is 0 Å². The monoisotopic (exact) mass is 312 g/mol. The van der Waals surface area contributed by atoms with Gasteiger partial charge in [0.1, 0.15) is 0 Å².